The van der Waals surface area contributed by atoms with Gasteiger partial charge in [-0.1, -0.05) is 72.2 Å². The third-order valence-electron chi connectivity index (χ3n) is 4.35. The summed E-state index contributed by atoms with van der Waals surface area (Å²) >= 11 is 3.42. The predicted molar refractivity (Wildman–Crippen MR) is 107 cm³/mol. The molecule has 25 heavy (non-hydrogen) atoms. The molecule has 1 heterocycles. The van der Waals surface area contributed by atoms with Gasteiger partial charge in [0.25, 0.3) is 5.56 Å². The molecule has 3 aromatic rings. The van der Waals surface area contributed by atoms with Gasteiger partial charge in [0, 0.05) is 33.8 Å². The molecule has 0 fully saturated rings. The van der Waals surface area contributed by atoms with Gasteiger partial charge in [-0.2, -0.15) is 0 Å². The fraction of sp³-hybridized carbons (Fsp3) is 0.238. The minimum absolute atomic E-state index is 0.0133. The van der Waals surface area contributed by atoms with Gasteiger partial charge in [-0.05, 0) is 12.5 Å². The van der Waals surface area contributed by atoms with Crippen LogP contribution in [-0.4, -0.2) is 15.7 Å². The average Bonchev–Trinajstić information content (AvgIpc) is 2.97. The van der Waals surface area contributed by atoms with E-state index in [1.807, 2.05) is 56.3 Å². The van der Waals surface area contributed by atoms with Gasteiger partial charge >= 0.3 is 0 Å². The topological polar surface area (TPSA) is 39.1 Å². The van der Waals surface area contributed by atoms with Crippen molar-refractivity contribution in [2.45, 2.75) is 26.8 Å². The number of pyridine rings is 1. The highest BCUT2D eigenvalue weighted by molar-refractivity contribution is 9.09. The summed E-state index contributed by atoms with van der Waals surface area (Å²) in [6.07, 6.45) is 0.834. The second-order valence-corrected chi connectivity index (χ2v) is 6.44. The van der Waals surface area contributed by atoms with Crippen LogP contribution in [0.15, 0.2) is 53.3 Å². The Morgan fingerprint density at radius 2 is 1.48 bits per heavy atom. The Bertz CT molecular complexity index is 1000. The van der Waals surface area contributed by atoms with Crippen LogP contribution in [0, 0.1) is 0 Å². The number of rotatable bonds is 3. The Balaban J connectivity index is 0.000000880. The van der Waals surface area contributed by atoms with Crippen LogP contribution in [0.3, 0.4) is 0 Å². The van der Waals surface area contributed by atoms with E-state index in [0.717, 1.165) is 28.4 Å². The van der Waals surface area contributed by atoms with E-state index in [1.54, 1.807) is 10.6 Å². The van der Waals surface area contributed by atoms with Gasteiger partial charge in [-0.3, -0.25) is 9.59 Å². The van der Waals surface area contributed by atoms with E-state index >= 15 is 0 Å². The molecular formula is C21H20BrNO2. The molecule has 0 radical (unpaired) electrons. The monoisotopic (exact) mass is 397 g/mol. The first-order chi connectivity index (χ1) is 12.2. The van der Waals surface area contributed by atoms with Gasteiger partial charge in [0.2, 0.25) is 0 Å². The van der Waals surface area contributed by atoms with Crippen LogP contribution in [0.5, 0.6) is 0 Å². The first kappa shape index (κ1) is 17.6. The van der Waals surface area contributed by atoms with Crippen LogP contribution in [0.4, 0.5) is 0 Å². The number of halogens is 1. The number of alkyl halides is 1. The number of fused-ring (bicyclic) bond motifs is 5. The molecule has 0 spiro atoms. The van der Waals surface area contributed by atoms with Crippen molar-refractivity contribution in [1.29, 1.82) is 0 Å². The van der Waals surface area contributed by atoms with Crippen LogP contribution in [-0.2, 0) is 6.54 Å². The zero-order valence-electron chi connectivity index (χ0n) is 14.4. The van der Waals surface area contributed by atoms with Crippen LogP contribution >= 0.6 is 15.9 Å². The van der Waals surface area contributed by atoms with E-state index in [4.69, 9.17) is 0 Å². The molecule has 1 aliphatic rings. The average molecular weight is 398 g/mol. The summed E-state index contributed by atoms with van der Waals surface area (Å²) in [4.78, 5) is 25.9. The fourth-order valence-corrected chi connectivity index (χ4v) is 3.61. The Labute approximate surface area is 155 Å². The van der Waals surface area contributed by atoms with Crippen molar-refractivity contribution >= 4 is 32.5 Å². The number of hydrogen-bond acceptors (Lipinski definition) is 2. The predicted octanol–water partition coefficient (Wildman–Crippen LogP) is 5.02. The maximum Gasteiger partial charge on any atom is 0.258 e. The van der Waals surface area contributed by atoms with Gasteiger partial charge in [0.05, 0.1) is 11.3 Å². The number of ketones is 1. The summed E-state index contributed by atoms with van der Waals surface area (Å²) < 4.78 is 1.77. The van der Waals surface area contributed by atoms with Gasteiger partial charge in [-0.15, -0.1) is 0 Å². The quantitative estimate of drug-likeness (QED) is 0.455. The molecule has 2 aromatic carbocycles. The molecule has 4 rings (SSSR count). The molecule has 0 aliphatic heterocycles. The second kappa shape index (κ2) is 7.36. The van der Waals surface area contributed by atoms with Gasteiger partial charge in [0.1, 0.15) is 0 Å². The highest BCUT2D eigenvalue weighted by Gasteiger charge is 2.31. The normalized spacial score (nSPS) is 11.7. The smallest absolute Gasteiger partial charge is 0.258 e. The molecule has 1 aliphatic carbocycles. The van der Waals surface area contributed by atoms with Crippen molar-refractivity contribution in [3.8, 4) is 11.3 Å². The Morgan fingerprint density at radius 3 is 2.16 bits per heavy atom. The van der Waals surface area contributed by atoms with Crippen molar-refractivity contribution in [1.82, 2.24) is 4.57 Å². The van der Waals surface area contributed by atoms with Gasteiger partial charge < -0.3 is 4.57 Å². The lowest BCUT2D eigenvalue weighted by atomic mass is 10.0. The van der Waals surface area contributed by atoms with Crippen LogP contribution < -0.4 is 5.56 Å². The minimum Gasteiger partial charge on any atom is -0.307 e. The Kier molecular flexibility index (Phi) is 5.19. The third-order valence-corrected chi connectivity index (χ3v) is 4.91. The molecule has 4 heteroatoms. The third kappa shape index (κ3) is 2.74. The molecule has 128 valence electrons. The lowest BCUT2D eigenvalue weighted by Gasteiger charge is -2.14. The van der Waals surface area contributed by atoms with Crippen molar-refractivity contribution < 1.29 is 4.79 Å². The first-order valence-electron chi connectivity index (χ1n) is 8.59. The van der Waals surface area contributed by atoms with E-state index in [0.29, 0.717) is 23.1 Å². The standard InChI is InChI=1S/C19H14BrNO2.C2H6/c20-10-5-11-21-17-13-7-2-3-8-14(13)18(22)16(17)12-6-1-4-9-15(12)19(21)23;1-2/h1-4,6-9H,5,10-11H2;1-2H3. The molecule has 0 bridgehead atoms. The molecule has 0 N–H and O–H groups in total. The van der Waals surface area contributed by atoms with Gasteiger partial charge in [-0.25, -0.2) is 0 Å². The molecule has 3 nitrogen and oxygen atoms in total. The Hall–Kier alpha value is -2.20. The first-order valence-corrected chi connectivity index (χ1v) is 9.72. The number of hydrogen-bond donors (Lipinski definition) is 0. The molecule has 1 aromatic heterocycles. The van der Waals surface area contributed by atoms with Crippen molar-refractivity contribution in [3.63, 3.8) is 0 Å². The molecule has 0 saturated carbocycles. The largest absolute Gasteiger partial charge is 0.307 e. The summed E-state index contributed by atoms with van der Waals surface area (Å²) in [5.41, 5.74) is 2.96. The maximum atomic E-state index is 12.9. The van der Waals surface area contributed by atoms with E-state index in [1.165, 1.54) is 0 Å². The minimum atomic E-state index is -0.0233. The summed E-state index contributed by atoms with van der Waals surface area (Å²) in [5.74, 6) is 0.0133. The Morgan fingerprint density at radius 1 is 0.880 bits per heavy atom. The SMILES string of the molecule is CC.O=C1c2ccccc2-c2c1c1ccccc1c(=O)n2CCCBr. The summed E-state index contributed by atoms with van der Waals surface area (Å²) in [6.45, 7) is 4.60. The number of carbonyl (C=O) groups is 1. The molecular weight excluding hydrogens is 378 g/mol. The zero-order chi connectivity index (χ0) is 18.0. The molecule has 0 amide bonds. The molecule has 0 unspecified atom stereocenters. The number of nitrogens with zero attached hydrogens (tertiary/aromatic N) is 1. The van der Waals surface area contributed by atoms with E-state index in [-0.39, 0.29) is 11.3 Å². The van der Waals surface area contributed by atoms with E-state index < -0.39 is 0 Å². The van der Waals surface area contributed by atoms with Crippen LogP contribution in [0.2, 0.25) is 0 Å². The number of aromatic nitrogens is 1. The van der Waals surface area contributed by atoms with E-state index in [9.17, 15) is 9.59 Å². The summed E-state index contributed by atoms with van der Waals surface area (Å²) in [5, 5.41) is 2.18. The second-order valence-electron chi connectivity index (χ2n) is 5.64. The highest BCUT2D eigenvalue weighted by atomic mass is 79.9. The lowest BCUT2D eigenvalue weighted by Crippen LogP contribution is -2.23. The molecule has 0 saturated heterocycles. The fourth-order valence-electron chi connectivity index (χ4n) is 3.36. The lowest BCUT2D eigenvalue weighted by molar-refractivity contribution is 0.104. The van der Waals surface area contributed by atoms with Crippen LogP contribution in [0.25, 0.3) is 22.0 Å². The van der Waals surface area contributed by atoms with Crippen molar-refractivity contribution in [2.24, 2.45) is 0 Å². The number of benzene rings is 2. The highest BCUT2D eigenvalue weighted by Crippen LogP contribution is 2.39. The van der Waals surface area contributed by atoms with Crippen molar-refractivity contribution in [3.05, 3.63) is 70.0 Å². The van der Waals surface area contributed by atoms with Crippen molar-refractivity contribution in [2.75, 3.05) is 5.33 Å². The zero-order valence-corrected chi connectivity index (χ0v) is 16.0. The summed E-state index contributed by atoms with van der Waals surface area (Å²) in [6, 6.07) is 14.9. The van der Waals surface area contributed by atoms with E-state index in [2.05, 4.69) is 15.9 Å². The van der Waals surface area contributed by atoms with Gasteiger partial charge in [0.15, 0.2) is 5.78 Å². The summed E-state index contributed by atoms with van der Waals surface area (Å²) in [7, 11) is 0. The number of carbonyl (C=O) groups excluding carboxylic acids is 1. The molecule has 0 atom stereocenters. The maximum absolute atomic E-state index is 12.9. The van der Waals surface area contributed by atoms with Crippen LogP contribution in [0.1, 0.15) is 36.2 Å².